The van der Waals surface area contributed by atoms with Crippen molar-refractivity contribution in [2.45, 2.75) is 12.5 Å². The first-order valence-corrected chi connectivity index (χ1v) is 3.05. The minimum atomic E-state index is 0. The molecule has 1 heterocycles. The van der Waals surface area contributed by atoms with Crippen LogP contribution in [0.25, 0.3) is 0 Å². The molecule has 1 saturated heterocycles. The minimum Gasteiger partial charge on any atom is -0.494 e. The fraction of sp³-hybridized carbons (Fsp3) is 0.667. The van der Waals surface area contributed by atoms with Crippen LogP contribution in [-0.2, 0) is 37.5 Å². The summed E-state index contributed by atoms with van der Waals surface area (Å²) in [6.45, 7) is 0.782. The molecule has 0 aromatic carbocycles. The molecule has 1 atom stereocenters. The zero-order chi connectivity index (χ0) is 6.85. The van der Waals surface area contributed by atoms with Crippen molar-refractivity contribution >= 4 is 5.91 Å². The SMILES string of the molecule is [CH2-]N1CCC(NC)C1=O.[Y]. The van der Waals surface area contributed by atoms with Gasteiger partial charge in [0.1, 0.15) is 0 Å². The number of likely N-dealkylation sites (tertiary alicyclic amines) is 1. The second-order valence-electron chi connectivity index (χ2n) is 2.23. The molecule has 1 N–H and O–H groups in total. The molecule has 1 fully saturated rings. The van der Waals surface area contributed by atoms with Gasteiger partial charge in [0.25, 0.3) is 0 Å². The van der Waals surface area contributed by atoms with Crippen molar-refractivity contribution in [3.63, 3.8) is 0 Å². The number of rotatable bonds is 1. The molecule has 0 spiro atoms. The van der Waals surface area contributed by atoms with Gasteiger partial charge in [-0.2, -0.15) is 0 Å². The van der Waals surface area contributed by atoms with Gasteiger partial charge in [-0.3, -0.25) is 11.8 Å². The molecule has 1 aliphatic heterocycles. The molecule has 3 nitrogen and oxygen atoms in total. The van der Waals surface area contributed by atoms with E-state index in [9.17, 15) is 4.79 Å². The van der Waals surface area contributed by atoms with Gasteiger partial charge >= 0.3 is 0 Å². The van der Waals surface area contributed by atoms with Crippen molar-refractivity contribution < 1.29 is 37.5 Å². The molecule has 1 amide bonds. The first-order chi connectivity index (χ1) is 4.25. The van der Waals surface area contributed by atoms with Crippen LogP contribution in [0.1, 0.15) is 6.42 Å². The Morgan fingerprint density at radius 2 is 2.40 bits per heavy atom. The van der Waals surface area contributed by atoms with Gasteiger partial charge in [-0.05, 0) is 20.0 Å². The van der Waals surface area contributed by atoms with E-state index in [0.29, 0.717) is 0 Å². The summed E-state index contributed by atoms with van der Waals surface area (Å²) in [7, 11) is 5.35. The van der Waals surface area contributed by atoms with Gasteiger partial charge in [-0.1, -0.05) is 0 Å². The fourth-order valence-electron chi connectivity index (χ4n) is 1.01. The Morgan fingerprint density at radius 1 is 1.80 bits per heavy atom. The van der Waals surface area contributed by atoms with E-state index in [1.165, 1.54) is 4.90 Å². The number of nitrogens with one attached hydrogen (secondary N) is 1. The molecule has 4 heteroatoms. The molecule has 1 radical (unpaired) electrons. The topological polar surface area (TPSA) is 32.3 Å². The molecule has 0 aliphatic carbocycles. The van der Waals surface area contributed by atoms with Crippen LogP contribution in [-0.4, -0.2) is 30.4 Å². The molecule has 1 rings (SSSR count). The maximum absolute atomic E-state index is 10.9. The van der Waals surface area contributed by atoms with E-state index in [-0.39, 0.29) is 44.7 Å². The second kappa shape index (κ2) is 4.42. The number of nitrogens with zero attached hydrogens (tertiary/aromatic N) is 1. The third-order valence-corrected chi connectivity index (χ3v) is 1.65. The molecule has 10 heavy (non-hydrogen) atoms. The van der Waals surface area contributed by atoms with Crippen molar-refractivity contribution in [1.29, 1.82) is 0 Å². The third kappa shape index (κ3) is 2.01. The largest absolute Gasteiger partial charge is 0.494 e. The Labute approximate surface area is 86.4 Å². The smallest absolute Gasteiger partial charge is 0.210 e. The van der Waals surface area contributed by atoms with Gasteiger partial charge < -0.3 is 10.2 Å². The molecule has 1 unspecified atom stereocenters. The van der Waals surface area contributed by atoms with E-state index in [4.69, 9.17) is 0 Å². The standard InChI is InChI=1S/C6H11N2O.Y/c1-7-5-3-4-8(2)6(5)9;/h5,7H,2-4H2,1H3;/q-1;. The quantitative estimate of drug-likeness (QED) is 0.604. The van der Waals surface area contributed by atoms with Crippen molar-refractivity contribution in [3.8, 4) is 0 Å². The first-order valence-electron chi connectivity index (χ1n) is 3.05. The van der Waals surface area contributed by atoms with Crippen LogP contribution in [0.5, 0.6) is 0 Å². The van der Waals surface area contributed by atoms with E-state index < -0.39 is 0 Å². The molecule has 0 aromatic rings. The number of likely N-dealkylation sites (N-methyl/N-ethyl adjacent to an activating group) is 1. The Kier molecular flexibility index (Phi) is 4.66. The Hall–Kier alpha value is 0.534. The van der Waals surface area contributed by atoms with Crippen molar-refractivity contribution in [1.82, 2.24) is 10.2 Å². The maximum atomic E-state index is 10.9. The summed E-state index contributed by atoms with van der Waals surface area (Å²) in [5.41, 5.74) is 0. The summed E-state index contributed by atoms with van der Waals surface area (Å²) in [5.74, 6) is 0.109. The van der Waals surface area contributed by atoms with Crippen LogP contribution in [0.4, 0.5) is 0 Å². The Bertz CT molecular complexity index is 129. The zero-order valence-corrected chi connectivity index (χ0v) is 8.97. The van der Waals surface area contributed by atoms with Crippen LogP contribution in [0.3, 0.4) is 0 Å². The average molecular weight is 216 g/mol. The van der Waals surface area contributed by atoms with E-state index in [0.717, 1.165) is 13.0 Å². The summed E-state index contributed by atoms with van der Waals surface area (Å²) in [6, 6.07) is 0.0162. The van der Waals surface area contributed by atoms with E-state index in [1.54, 1.807) is 7.05 Å². The fourth-order valence-corrected chi connectivity index (χ4v) is 1.01. The van der Waals surface area contributed by atoms with Crippen molar-refractivity contribution in [3.05, 3.63) is 7.05 Å². The average Bonchev–Trinajstić information content (AvgIpc) is 2.15. The van der Waals surface area contributed by atoms with Crippen molar-refractivity contribution in [2.75, 3.05) is 13.6 Å². The third-order valence-electron chi connectivity index (χ3n) is 1.65. The zero-order valence-electron chi connectivity index (χ0n) is 6.13. The summed E-state index contributed by atoms with van der Waals surface area (Å²) >= 11 is 0. The maximum Gasteiger partial charge on any atom is 0.210 e. The van der Waals surface area contributed by atoms with Crippen LogP contribution < -0.4 is 5.32 Å². The Balaban J connectivity index is 0.000000810. The van der Waals surface area contributed by atoms with E-state index in [1.807, 2.05) is 0 Å². The molecule has 0 saturated carbocycles. The summed E-state index contributed by atoms with van der Waals surface area (Å²) < 4.78 is 0. The molecule has 0 aromatic heterocycles. The summed E-state index contributed by atoms with van der Waals surface area (Å²) in [5, 5.41) is 2.91. The van der Waals surface area contributed by atoms with Gasteiger partial charge in [-0.25, -0.2) is 0 Å². The Morgan fingerprint density at radius 3 is 2.60 bits per heavy atom. The van der Waals surface area contributed by atoms with Gasteiger partial charge in [0.2, 0.25) is 5.91 Å². The predicted molar refractivity (Wildman–Crippen MR) is 34.5 cm³/mol. The van der Waals surface area contributed by atoms with E-state index >= 15 is 0 Å². The van der Waals surface area contributed by atoms with Gasteiger partial charge in [0, 0.05) is 32.7 Å². The van der Waals surface area contributed by atoms with Gasteiger partial charge in [0.05, 0.1) is 6.04 Å². The number of amides is 1. The van der Waals surface area contributed by atoms with Gasteiger partial charge in [-0.15, -0.1) is 0 Å². The van der Waals surface area contributed by atoms with Crippen LogP contribution in [0.15, 0.2) is 0 Å². The summed E-state index contributed by atoms with van der Waals surface area (Å²) in [6.07, 6.45) is 0.888. The number of hydrogen-bond donors (Lipinski definition) is 1. The summed E-state index contributed by atoms with van der Waals surface area (Å²) in [4.78, 5) is 12.4. The van der Waals surface area contributed by atoms with Gasteiger partial charge in [0.15, 0.2) is 0 Å². The normalized spacial score (nSPS) is 24.8. The van der Waals surface area contributed by atoms with Crippen LogP contribution in [0, 0.1) is 7.05 Å². The molecule has 0 bridgehead atoms. The van der Waals surface area contributed by atoms with Crippen LogP contribution >= 0.6 is 0 Å². The van der Waals surface area contributed by atoms with Crippen LogP contribution in [0.2, 0.25) is 0 Å². The molecular weight excluding hydrogens is 205 g/mol. The molecule has 55 valence electrons. The predicted octanol–water partition coefficient (Wildman–Crippen LogP) is -0.404. The van der Waals surface area contributed by atoms with Crippen molar-refractivity contribution in [2.24, 2.45) is 0 Å². The van der Waals surface area contributed by atoms with E-state index in [2.05, 4.69) is 12.4 Å². The number of carbonyl (C=O) groups excluding carboxylic acids is 1. The first kappa shape index (κ1) is 10.5. The number of hydrogen-bond acceptors (Lipinski definition) is 2. The monoisotopic (exact) mass is 216 g/mol. The number of carbonyl (C=O) groups is 1. The minimum absolute atomic E-state index is 0. The molecular formula is C6H11N2OY-. The second-order valence-corrected chi connectivity index (χ2v) is 2.23. The molecule has 1 aliphatic rings.